The maximum absolute atomic E-state index is 12.2. The van der Waals surface area contributed by atoms with Crippen molar-refractivity contribution in [2.45, 2.75) is 6.54 Å². The first kappa shape index (κ1) is 18.1. The average molecular weight is 419 g/mol. The number of furan rings is 1. The minimum Gasteiger partial charge on any atom is -0.467 e. The molecule has 0 aliphatic carbocycles. The summed E-state index contributed by atoms with van der Waals surface area (Å²) in [7, 11) is 0. The van der Waals surface area contributed by atoms with E-state index in [2.05, 4.69) is 5.32 Å². The number of carbonyl (C=O) groups excluding carboxylic acids is 2. The van der Waals surface area contributed by atoms with Crippen molar-refractivity contribution in [3.05, 3.63) is 56.2 Å². The van der Waals surface area contributed by atoms with Crippen LogP contribution < -0.4 is 5.32 Å². The summed E-state index contributed by atoms with van der Waals surface area (Å²) in [5.74, 6) is -0.562. The molecule has 0 radical (unpaired) electrons. The number of thiophene rings is 1. The molecule has 3 rings (SSSR count). The van der Waals surface area contributed by atoms with Crippen LogP contribution in [0, 0.1) is 0 Å². The van der Waals surface area contributed by atoms with Crippen molar-refractivity contribution in [2.75, 3.05) is 6.61 Å². The lowest BCUT2D eigenvalue weighted by Gasteiger charge is -2.04. The van der Waals surface area contributed by atoms with E-state index in [9.17, 15) is 9.59 Å². The van der Waals surface area contributed by atoms with Crippen LogP contribution in [0.2, 0.25) is 15.1 Å². The first-order valence-corrected chi connectivity index (χ1v) is 8.94. The fourth-order valence-electron chi connectivity index (χ4n) is 2.09. The van der Waals surface area contributed by atoms with Crippen molar-refractivity contribution in [2.24, 2.45) is 0 Å². The molecule has 3 aromatic rings. The number of hydrogen-bond donors (Lipinski definition) is 1. The Balaban J connectivity index is 1.65. The van der Waals surface area contributed by atoms with Gasteiger partial charge in [-0.1, -0.05) is 34.8 Å². The van der Waals surface area contributed by atoms with Crippen LogP contribution in [0.5, 0.6) is 0 Å². The first-order valence-electron chi connectivity index (χ1n) is 6.99. The number of rotatable bonds is 5. The summed E-state index contributed by atoms with van der Waals surface area (Å²) in [6.45, 7) is -0.222. The highest BCUT2D eigenvalue weighted by Gasteiger charge is 2.21. The van der Waals surface area contributed by atoms with Crippen LogP contribution >= 0.6 is 46.1 Å². The Bertz CT molecular complexity index is 937. The van der Waals surface area contributed by atoms with Gasteiger partial charge in [0, 0.05) is 15.1 Å². The maximum Gasteiger partial charge on any atom is 0.350 e. The van der Waals surface area contributed by atoms with Gasteiger partial charge in [0.2, 0.25) is 0 Å². The zero-order chi connectivity index (χ0) is 18.0. The van der Waals surface area contributed by atoms with E-state index in [-0.39, 0.29) is 16.4 Å². The van der Waals surface area contributed by atoms with Crippen LogP contribution in [0.3, 0.4) is 0 Å². The van der Waals surface area contributed by atoms with E-state index in [4.69, 9.17) is 44.0 Å². The summed E-state index contributed by atoms with van der Waals surface area (Å²) >= 11 is 19.4. The molecule has 0 unspecified atom stereocenters. The Morgan fingerprint density at radius 2 is 2.04 bits per heavy atom. The molecule has 2 aromatic heterocycles. The minimum absolute atomic E-state index is 0.166. The van der Waals surface area contributed by atoms with Crippen LogP contribution in [0.25, 0.3) is 10.1 Å². The molecule has 5 nitrogen and oxygen atoms in total. The normalized spacial score (nSPS) is 10.8. The van der Waals surface area contributed by atoms with Crippen LogP contribution in [-0.4, -0.2) is 18.5 Å². The summed E-state index contributed by atoms with van der Waals surface area (Å²) in [6, 6.07) is 6.63. The molecule has 25 heavy (non-hydrogen) atoms. The number of nitrogens with one attached hydrogen (secondary N) is 1. The highest BCUT2D eigenvalue weighted by Crippen LogP contribution is 2.41. The largest absolute Gasteiger partial charge is 0.467 e. The third-order valence-corrected chi connectivity index (χ3v) is 5.33. The molecular weight excluding hydrogens is 409 g/mol. The van der Waals surface area contributed by atoms with Crippen LogP contribution in [0.4, 0.5) is 0 Å². The van der Waals surface area contributed by atoms with Crippen LogP contribution in [0.1, 0.15) is 15.4 Å². The topological polar surface area (TPSA) is 68.5 Å². The third kappa shape index (κ3) is 4.10. The Hall–Kier alpha value is -1.73. The van der Waals surface area contributed by atoms with Gasteiger partial charge in [-0.15, -0.1) is 11.3 Å². The zero-order valence-corrected chi connectivity index (χ0v) is 15.6. The van der Waals surface area contributed by atoms with E-state index in [0.29, 0.717) is 25.9 Å². The predicted molar refractivity (Wildman–Crippen MR) is 97.7 cm³/mol. The Kier molecular flexibility index (Phi) is 5.54. The van der Waals surface area contributed by atoms with Gasteiger partial charge >= 0.3 is 5.97 Å². The van der Waals surface area contributed by atoms with Gasteiger partial charge < -0.3 is 14.5 Å². The molecule has 0 bridgehead atoms. The number of esters is 1. The number of halogens is 3. The van der Waals surface area contributed by atoms with E-state index in [1.54, 1.807) is 24.3 Å². The van der Waals surface area contributed by atoms with Crippen molar-refractivity contribution in [1.82, 2.24) is 5.32 Å². The van der Waals surface area contributed by atoms with E-state index in [1.165, 1.54) is 6.26 Å². The molecule has 1 N–H and O–H groups in total. The molecule has 2 heterocycles. The lowest BCUT2D eigenvalue weighted by atomic mass is 10.2. The fraction of sp³-hybridized carbons (Fsp3) is 0.125. The summed E-state index contributed by atoms with van der Waals surface area (Å²) in [6.07, 6.45) is 1.50. The number of carbonyl (C=O) groups is 2. The second kappa shape index (κ2) is 7.66. The predicted octanol–water partition coefficient (Wildman–Crippen LogP) is 4.93. The maximum atomic E-state index is 12.2. The summed E-state index contributed by atoms with van der Waals surface area (Å²) in [5, 5.41) is 4.07. The number of hydrogen-bond acceptors (Lipinski definition) is 5. The van der Waals surface area contributed by atoms with Gasteiger partial charge in [0.15, 0.2) is 6.61 Å². The van der Waals surface area contributed by atoms with Gasteiger partial charge in [0.05, 0.1) is 22.9 Å². The van der Waals surface area contributed by atoms with Crippen LogP contribution in [-0.2, 0) is 16.1 Å². The number of benzene rings is 1. The van der Waals surface area contributed by atoms with Gasteiger partial charge in [-0.2, -0.15) is 0 Å². The van der Waals surface area contributed by atoms with Crippen molar-refractivity contribution >= 4 is 68.1 Å². The quantitative estimate of drug-likeness (QED) is 0.597. The molecule has 9 heteroatoms. The molecule has 0 spiro atoms. The number of fused-ring (bicyclic) bond motifs is 1. The standard InChI is InChI=1S/C16H10Cl3NO4S/c17-8-4-10(18)13-11(5-8)25-15(14(13)19)16(22)24-7-12(21)20-6-9-2-1-3-23-9/h1-5H,6-7H2,(H,20,21). The van der Waals surface area contributed by atoms with Gasteiger partial charge in [-0.3, -0.25) is 4.79 Å². The molecule has 1 amide bonds. The number of amides is 1. The van der Waals surface area contributed by atoms with Gasteiger partial charge in [0.25, 0.3) is 5.91 Å². The highest BCUT2D eigenvalue weighted by atomic mass is 35.5. The monoisotopic (exact) mass is 417 g/mol. The molecule has 0 fully saturated rings. The Labute approximate surface area is 161 Å². The molecule has 0 aliphatic heterocycles. The molecular formula is C16H10Cl3NO4S. The fourth-order valence-corrected chi connectivity index (χ4v) is 4.35. The van der Waals surface area contributed by atoms with Gasteiger partial charge in [-0.25, -0.2) is 4.79 Å². The summed E-state index contributed by atoms with van der Waals surface area (Å²) in [5.41, 5.74) is 0. The second-order valence-corrected chi connectivity index (χ2v) is 7.21. The lowest BCUT2D eigenvalue weighted by molar-refractivity contribution is -0.124. The number of ether oxygens (including phenoxy) is 1. The minimum atomic E-state index is -0.702. The highest BCUT2D eigenvalue weighted by molar-refractivity contribution is 7.21. The van der Waals surface area contributed by atoms with Gasteiger partial charge in [-0.05, 0) is 24.3 Å². The molecule has 1 aromatic carbocycles. The SMILES string of the molecule is O=C(COC(=O)c1sc2cc(Cl)cc(Cl)c2c1Cl)NCc1ccco1. The zero-order valence-electron chi connectivity index (χ0n) is 12.5. The van der Waals surface area contributed by atoms with Gasteiger partial charge in [0.1, 0.15) is 10.6 Å². The van der Waals surface area contributed by atoms with Crippen molar-refractivity contribution in [1.29, 1.82) is 0 Å². The molecule has 0 aliphatic rings. The average Bonchev–Trinajstić information content (AvgIpc) is 3.18. The third-order valence-electron chi connectivity index (χ3n) is 3.21. The summed E-state index contributed by atoms with van der Waals surface area (Å²) < 4.78 is 10.8. The molecule has 0 atom stereocenters. The van der Waals surface area contributed by atoms with Crippen molar-refractivity contribution in [3.8, 4) is 0 Å². The lowest BCUT2D eigenvalue weighted by Crippen LogP contribution is -2.28. The van der Waals surface area contributed by atoms with E-state index < -0.39 is 18.5 Å². The van der Waals surface area contributed by atoms with Crippen molar-refractivity contribution < 1.29 is 18.7 Å². The first-order chi connectivity index (χ1) is 12.0. The Morgan fingerprint density at radius 1 is 1.24 bits per heavy atom. The second-order valence-electron chi connectivity index (χ2n) is 4.94. The molecule has 0 saturated carbocycles. The van der Waals surface area contributed by atoms with Crippen LogP contribution in [0.15, 0.2) is 34.9 Å². The molecule has 130 valence electrons. The van der Waals surface area contributed by atoms with E-state index >= 15 is 0 Å². The van der Waals surface area contributed by atoms with Crippen molar-refractivity contribution in [3.63, 3.8) is 0 Å². The molecule has 0 saturated heterocycles. The van der Waals surface area contributed by atoms with E-state index in [0.717, 1.165) is 11.3 Å². The van der Waals surface area contributed by atoms with E-state index in [1.807, 2.05) is 0 Å². The smallest absolute Gasteiger partial charge is 0.350 e. The summed E-state index contributed by atoms with van der Waals surface area (Å²) in [4.78, 5) is 24.1. The Morgan fingerprint density at radius 3 is 2.76 bits per heavy atom.